The molecule has 3 fully saturated rings. The van der Waals surface area contributed by atoms with Crippen molar-refractivity contribution >= 4 is 12.1 Å². The Bertz CT molecular complexity index is 1770. The molecule has 3 heterocycles. The number of likely N-dealkylation sites (N-methyl/N-ethyl adjacent to an activating group) is 2. The maximum atomic E-state index is 14.5. The summed E-state index contributed by atoms with van der Waals surface area (Å²) < 4.78 is 50.3. The standard InChI is InChI=1S/C51H90N4O14/c1-17-38-51(12,61)43(57)30(5)40(52)28(3)26-49(10,60)44(68-47-41(56)36(54(13)14)25-29(4)64-47)31(6)42(32(7)46(58)66-38)67-39-27-50(11,63-16)45(34(9)65-39)69-48(59)53-23-24-55(18-2)33(8)35-21-19-20-22-37(35)62-15/h19-22,28-34,36,38-45,47,56-57,60-61H,17-18,23-27,52H2,1-16H3,(H,53,59)/t28-,29-,30+,31+,32-,33+,34+,36+,38-,39+,40+,41-,42+,43-,44-,45+,47+,49+,50-,51+/m1/s1. The van der Waals surface area contributed by atoms with E-state index in [-0.39, 0.29) is 37.5 Å². The van der Waals surface area contributed by atoms with Gasteiger partial charge in [0.2, 0.25) is 0 Å². The van der Waals surface area contributed by atoms with Gasteiger partial charge in [-0.3, -0.25) is 9.69 Å². The van der Waals surface area contributed by atoms with Crippen LogP contribution < -0.4 is 15.8 Å². The Balaban J connectivity index is 1.66. The molecule has 18 nitrogen and oxygen atoms in total. The number of nitrogens with one attached hydrogen (secondary N) is 1. The monoisotopic (exact) mass is 983 g/mol. The third-order valence-corrected chi connectivity index (χ3v) is 15.6. The third kappa shape index (κ3) is 13.9. The number of ether oxygens (including phenoxy) is 8. The second kappa shape index (κ2) is 24.8. The fourth-order valence-corrected chi connectivity index (χ4v) is 11.1. The number of nitrogens with two attached hydrogens (primary N) is 1. The van der Waals surface area contributed by atoms with Crippen molar-refractivity contribution in [2.45, 2.75) is 205 Å². The number of carbonyl (C=O) groups excluding carboxylic acids is 2. The first-order valence-electron chi connectivity index (χ1n) is 25.1. The zero-order valence-electron chi connectivity index (χ0n) is 44.4. The maximum Gasteiger partial charge on any atom is 0.407 e. The van der Waals surface area contributed by atoms with Gasteiger partial charge in [0.25, 0.3) is 0 Å². The van der Waals surface area contributed by atoms with Crippen molar-refractivity contribution in [2.24, 2.45) is 29.4 Å². The van der Waals surface area contributed by atoms with Crippen LogP contribution in [0.15, 0.2) is 24.3 Å². The highest BCUT2D eigenvalue weighted by molar-refractivity contribution is 5.73. The number of benzene rings is 1. The smallest absolute Gasteiger partial charge is 0.407 e. The van der Waals surface area contributed by atoms with Gasteiger partial charge in [-0.25, -0.2) is 4.79 Å². The van der Waals surface area contributed by atoms with Crippen LogP contribution in [0.2, 0.25) is 0 Å². The van der Waals surface area contributed by atoms with Crippen molar-refractivity contribution in [3.8, 4) is 5.75 Å². The normalized spacial score (nSPS) is 41.2. The number of hydrogen-bond acceptors (Lipinski definition) is 17. The molecule has 0 unspecified atom stereocenters. The Labute approximate surface area is 412 Å². The Hall–Kier alpha value is -2.72. The van der Waals surface area contributed by atoms with Gasteiger partial charge in [0.1, 0.15) is 29.2 Å². The van der Waals surface area contributed by atoms with Gasteiger partial charge in [-0.15, -0.1) is 0 Å². The zero-order chi connectivity index (χ0) is 51.9. The molecule has 1 aromatic carbocycles. The number of methoxy groups -OCH3 is 2. The first-order valence-corrected chi connectivity index (χ1v) is 25.1. The van der Waals surface area contributed by atoms with Crippen LogP contribution in [0.4, 0.5) is 4.79 Å². The molecule has 3 aliphatic heterocycles. The fourth-order valence-electron chi connectivity index (χ4n) is 11.1. The maximum absolute atomic E-state index is 14.5. The molecule has 3 saturated heterocycles. The summed E-state index contributed by atoms with van der Waals surface area (Å²) in [5.74, 6) is -3.02. The van der Waals surface area contributed by atoms with E-state index in [1.807, 2.05) is 57.1 Å². The summed E-state index contributed by atoms with van der Waals surface area (Å²) in [4.78, 5) is 32.1. The van der Waals surface area contributed by atoms with E-state index in [9.17, 15) is 30.0 Å². The molecule has 0 aliphatic carbocycles. The highest BCUT2D eigenvalue weighted by Crippen LogP contribution is 2.42. The van der Waals surface area contributed by atoms with Crippen molar-refractivity contribution < 1.29 is 67.9 Å². The molecule has 0 spiro atoms. The van der Waals surface area contributed by atoms with E-state index in [0.29, 0.717) is 19.5 Å². The van der Waals surface area contributed by atoms with Crippen LogP contribution in [0, 0.1) is 23.7 Å². The number of alkyl carbamates (subject to hydrolysis) is 1. The zero-order valence-corrected chi connectivity index (χ0v) is 44.4. The lowest BCUT2D eigenvalue weighted by atomic mass is 9.72. The molecule has 1 amide bonds. The molecule has 7 N–H and O–H groups in total. The van der Waals surface area contributed by atoms with E-state index >= 15 is 0 Å². The summed E-state index contributed by atoms with van der Waals surface area (Å²) in [6.45, 7) is 23.0. The molecule has 0 bridgehead atoms. The van der Waals surface area contributed by atoms with Crippen molar-refractivity contribution in [3.05, 3.63) is 29.8 Å². The third-order valence-electron chi connectivity index (χ3n) is 15.6. The molecule has 1 aromatic rings. The fraction of sp³-hybridized carbons (Fsp3) is 0.843. The van der Waals surface area contributed by atoms with Gasteiger partial charge in [-0.2, -0.15) is 0 Å². The second-order valence-electron chi connectivity index (χ2n) is 21.1. The summed E-state index contributed by atoms with van der Waals surface area (Å²) in [5.41, 5.74) is 3.11. The SMILES string of the molecule is CC[C@H]1OC(=O)[C@H](C)[C@@H](O[C@H]2C[C@@](C)(OC)[C@@H](OC(=O)NCCN(CC)[C@@H](C)c3ccccc3OC)[C@H](C)O2)[C@H](C)[C@@H](O[C@@H]2O[C@H](C)C[C@H](N(C)C)[C@H]2O)[C@@](C)(O)C[C@@H](C)[C@H](N)[C@H](C)[C@@H](O)[C@@]1(C)O. The van der Waals surface area contributed by atoms with Crippen molar-refractivity contribution in [1.82, 2.24) is 15.1 Å². The number of aliphatic hydroxyl groups excluding tert-OH is 2. The van der Waals surface area contributed by atoms with Crippen LogP contribution in [0.25, 0.3) is 0 Å². The molecule has 20 atom stereocenters. The van der Waals surface area contributed by atoms with Gasteiger partial charge in [-0.05, 0) is 100 Å². The lowest BCUT2D eigenvalue weighted by molar-refractivity contribution is -0.318. The molecular weight excluding hydrogens is 893 g/mol. The number of para-hydroxylation sites is 1. The number of carbonyl (C=O) groups is 2. The predicted molar refractivity (Wildman–Crippen MR) is 260 cm³/mol. The average Bonchev–Trinajstić information content (AvgIpc) is 3.30. The number of hydrogen-bond donors (Lipinski definition) is 6. The number of cyclic esters (lactones) is 1. The number of aliphatic hydroxyl groups is 4. The van der Waals surface area contributed by atoms with Gasteiger partial charge in [0.05, 0.1) is 49.1 Å². The highest BCUT2D eigenvalue weighted by Gasteiger charge is 2.54. The molecule has 69 heavy (non-hydrogen) atoms. The molecular formula is C51H90N4O14. The largest absolute Gasteiger partial charge is 0.496 e. The van der Waals surface area contributed by atoms with Crippen LogP contribution in [-0.2, 0) is 38.0 Å². The highest BCUT2D eigenvalue weighted by atomic mass is 16.7. The van der Waals surface area contributed by atoms with Crippen LogP contribution >= 0.6 is 0 Å². The molecule has 18 heteroatoms. The van der Waals surface area contributed by atoms with Crippen LogP contribution in [0.3, 0.4) is 0 Å². The molecule has 0 aromatic heterocycles. The Morgan fingerprint density at radius 2 is 1.61 bits per heavy atom. The van der Waals surface area contributed by atoms with E-state index in [0.717, 1.165) is 17.9 Å². The van der Waals surface area contributed by atoms with Crippen LogP contribution in [0.1, 0.15) is 120 Å². The summed E-state index contributed by atoms with van der Waals surface area (Å²) >= 11 is 0. The summed E-state index contributed by atoms with van der Waals surface area (Å²) in [5, 5.41) is 50.9. The van der Waals surface area contributed by atoms with E-state index in [2.05, 4.69) is 24.1 Å². The Morgan fingerprint density at radius 1 is 0.957 bits per heavy atom. The summed E-state index contributed by atoms with van der Waals surface area (Å²) in [6, 6.07) is 6.83. The van der Waals surface area contributed by atoms with E-state index in [1.54, 1.807) is 55.6 Å². The first kappa shape index (κ1) is 58.8. The quantitative estimate of drug-likeness (QED) is 0.134. The minimum atomic E-state index is -1.90. The Morgan fingerprint density at radius 3 is 2.20 bits per heavy atom. The lowest BCUT2D eigenvalue weighted by Crippen LogP contribution is -2.62. The second-order valence-corrected chi connectivity index (χ2v) is 21.1. The van der Waals surface area contributed by atoms with Gasteiger partial charge in [0.15, 0.2) is 18.7 Å². The van der Waals surface area contributed by atoms with Crippen LogP contribution in [-0.4, -0.2) is 181 Å². The topological polar surface area (TPSA) is 233 Å². The number of rotatable bonds is 15. The Kier molecular flexibility index (Phi) is 21.2. The number of amides is 1. The lowest BCUT2D eigenvalue weighted by Gasteiger charge is -2.49. The molecule has 3 aliphatic rings. The van der Waals surface area contributed by atoms with E-state index in [1.165, 1.54) is 14.0 Å². The first-order chi connectivity index (χ1) is 32.2. The van der Waals surface area contributed by atoms with Crippen molar-refractivity contribution in [2.75, 3.05) is 47.9 Å². The minimum Gasteiger partial charge on any atom is -0.496 e. The molecule has 398 valence electrons. The van der Waals surface area contributed by atoms with Gasteiger partial charge >= 0.3 is 12.1 Å². The van der Waals surface area contributed by atoms with Gasteiger partial charge in [0, 0.05) is 62.1 Å². The molecule has 0 radical (unpaired) electrons. The van der Waals surface area contributed by atoms with E-state index in [4.69, 9.17) is 43.6 Å². The van der Waals surface area contributed by atoms with E-state index < -0.39 is 114 Å². The predicted octanol–water partition coefficient (Wildman–Crippen LogP) is 4.37. The van der Waals surface area contributed by atoms with Gasteiger partial charge < -0.3 is 74.3 Å². The van der Waals surface area contributed by atoms with Gasteiger partial charge in [-0.1, -0.05) is 52.8 Å². The van der Waals surface area contributed by atoms with Crippen molar-refractivity contribution in [1.29, 1.82) is 0 Å². The average molecular weight is 983 g/mol. The summed E-state index contributed by atoms with van der Waals surface area (Å²) in [7, 11) is 6.90. The van der Waals surface area contributed by atoms with Crippen molar-refractivity contribution in [3.63, 3.8) is 0 Å². The molecule has 0 saturated carbocycles. The number of nitrogens with zero attached hydrogens (tertiary/aromatic N) is 2. The van der Waals surface area contributed by atoms with Crippen LogP contribution in [0.5, 0.6) is 5.75 Å². The number of esters is 1. The summed E-state index contributed by atoms with van der Waals surface area (Å²) in [6.07, 6.45) is -9.97. The molecule has 4 rings (SSSR count). The minimum absolute atomic E-state index is 0.0206.